The Morgan fingerprint density at radius 2 is 1.00 bits per heavy atom. The fourth-order valence-electron chi connectivity index (χ4n) is 9.55. The molecular formula is C54H32N4O. The van der Waals surface area contributed by atoms with Crippen molar-refractivity contribution in [3.8, 4) is 34.0 Å². The van der Waals surface area contributed by atoms with Gasteiger partial charge in [0.15, 0.2) is 0 Å². The second-order valence-electron chi connectivity index (χ2n) is 15.3. The molecule has 4 aromatic heterocycles. The number of hydrogen-bond donors (Lipinski definition) is 0. The summed E-state index contributed by atoms with van der Waals surface area (Å²) in [7, 11) is 0. The van der Waals surface area contributed by atoms with E-state index in [1.54, 1.807) is 0 Å². The average molecular weight is 753 g/mol. The molecule has 0 radical (unpaired) electrons. The van der Waals surface area contributed by atoms with E-state index in [1.807, 2.05) is 6.07 Å². The first-order valence-corrected chi connectivity index (χ1v) is 20.0. The molecule has 0 saturated heterocycles. The molecule has 0 fully saturated rings. The normalized spacial score (nSPS) is 12.1. The van der Waals surface area contributed by atoms with E-state index in [0.717, 1.165) is 82.6 Å². The Morgan fingerprint density at radius 1 is 0.356 bits per heavy atom. The van der Waals surface area contributed by atoms with E-state index in [0.29, 0.717) is 5.95 Å². The van der Waals surface area contributed by atoms with Crippen molar-refractivity contribution < 1.29 is 4.42 Å². The first-order chi connectivity index (χ1) is 29.3. The predicted molar refractivity (Wildman–Crippen MR) is 244 cm³/mol. The van der Waals surface area contributed by atoms with Gasteiger partial charge in [0.25, 0.3) is 0 Å². The Hall–Kier alpha value is -8.02. The minimum absolute atomic E-state index is 0.632. The topological polar surface area (TPSA) is 48.8 Å². The van der Waals surface area contributed by atoms with E-state index in [-0.39, 0.29) is 0 Å². The maximum atomic E-state index is 6.53. The molecule has 5 heteroatoms. The monoisotopic (exact) mass is 752 g/mol. The van der Waals surface area contributed by atoms with Gasteiger partial charge in [0.2, 0.25) is 5.95 Å². The number of nitrogens with zero attached hydrogens (tertiary/aromatic N) is 4. The van der Waals surface area contributed by atoms with Crippen LogP contribution in [-0.4, -0.2) is 19.1 Å². The molecule has 0 aliphatic rings. The first-order valence-electron chi connectivity index (χ1n) is 20.0. The van der Waals surface area contributed by atoms with Gasteiger partial charge in [0, 0.05) is 43.3 Å². The van der Waals surface area contributed by atoms with Gasteiger partial charge in [-0.1, -0.05) is 152 Å². The molecule has 59 heavy (non-hydrogen) atoms. The second kappa shape index (κ2) is 12.2. The SMILES string of the molecule is c1ccc(-c2ccc(-c3nc(-n4c5ccccc5c5c4ccc4c6ccc7oc8ccccc8c7c6n(-c6cccc7ccccc67)c45)nc4ccccc34)cc2)cc1. The van der Waals surface area contributed by atoms with Gasteiger partial charge in [-0.25, -0.2) is 9.97 Å². The van der Waals surface area contributed by atoms with Crippen LogP contribution in [-0.2, 0) is 0 Å². The first kappa shape index (κ1) is 32.1. The average Bonchev–Trinajstić information content (AvgIpc) is 3.96. The van der Waals surface area contributed by atoms with E-state index in [1.165, 1.54) is 32.7 Å². The highest BCUT2D eigenvalue weighted by Crippen LogP contribution is 2.46. The van der Waals surface area contributed by atoms with Gasteiger partial charge < -0.3 is 8.98 Å². The lowest BCUT2D eigenvalue weighted by atomic mass is 10.0. The minimum Gasteiger partial charge on any atom is -0.456 e. The van der Waals surface area contributed by atoms with Crippen molar-refractivity contribution in [2.24, 2.45) is 0 Å². The Kier molecular flexibility index (Phi) is 6.66. The smallest absolute Gasteiger partial charge is 0.235 e. The number of furan rings is 1. The van der Waals surface area contributed by atoms with Gasteiger partial charge in [0.1, 0.15) is 11.2 Å². The molecule has 9 aromatic carbocycles. The maximum Gasteiger partial charge on any atom is 0.235 e. The zero-order chi connectivity index (χ0) is 38.6. The third kappa shape index (κ3) is 4.61. The largest absolute Gasteiger partial charge is 0.456 e. The number of benzene rings is 9. The summed E-state index contributed by atoms with van der Waals surface area (Å²) in [5, 5.41) is 10.2. The third-order valence-electron chi connectivity index (χ3n) is 12.1. The Labute approximate surface area is 337 Å². The fraction of sp³-hybridized carbons (Fsp3) is 0. The predicted octanol–water partition coefficient (Wildman–Crippen LogP) is 14.2. The molecule has 0 saturated carbocycles. The van der Waals surface area contributed by atoms with Crippen molar-refractivity contribution in [2.45, 2.75) is 0 Å². The Morgan fingerprint density at radius 3 is 1.86 bits per heavy atom. The Bertz CT molecular complexity index is 3830. The summed E-state index contributed by atoms with van der Waals surface area (Å²) in [5.74, 6) is 0.632. The summed E-state index contributed by atoms with van der Waals surface area (Å²) in [6.45, 7) is 0. The molecule has 0 aliphatic heterocycles. The number of hydrogen-bond acceptors (Lipinski definition) is 3. The molecule has 274 valence electrons. The van der Waals surface area contributed by atoms with Crippen LogP contribution in [0.1, 0.15) is 0 Å². The summed E-state index contributed by atoms with van der Waals surface area (Å²) in [6, 6.07) is 68.8. The minimum atomic E-state index is 0.632. The van der Waals surface area contributed by atoms with Gasteiger partial charge in [-0.05, 0) is 59.0 Å². The van der Waals surface area contributed by atoms with Crippen LogP contribution in [0, 0.1) is 0 Å². The zero-order valence-corrected chi connectivity index (χ0v) is 31.7. The zero-order valence-electron chi connectivity index (χ0n) is 31.7. The highest BCUT2D eigenvalue weighted by atomic mass is 16.3. The van der Waals surface area contributed by atoms with Crippen molar-refractivity contribution in [3.63, 3.8) is 0 Å². The van der Waals surface area contributed by atoms with Gasteiger partial charge in [-0.15, -0.1) is 0 Å². The summed E-state index contributed by atoms with van der Waals surface area (Å²) < 4.78 is 11.3. The van der Waals surface area contributed by atoms with Crippen LogP contribution in [0.2, 0.25) is 0 Å². The van der Waals surface area contributed by atoms with Crippen LogP contribution in [0.15, 0.2) is 199 Å². The van der Waals surface area contributed by atoms with Crippen LogP contribution in [0.3, 0.4) is 0 Å². The van der Waals surface area contributed by atoms with Crippen molar-refractivity contribution in [1.29, 1.82) is 0 Å². The quantitative estimate of drug-likeness (QED) is 0.180. The van der Waals surface area contributed by atoms with Crippen LogP contribution < -0.4 is 0 Å². The highest BCUT2D eigenvalue weighted by Gasteiger charge is 2.25. The lowest BCUT2D eigenvalue weighted by molar-refractivity contribution is 0.669. The third-order valence-corrected chi connectivity index (χ3v) is 12.1. The number of rotatable bonds is 4. The summed E-state index contributed by atoms with van der Waals surface area (Å²) >= 11 is 0. The van der Waals surface area contributed by atoms with Gasteiger partial charge >= 0.3 is 0 Å². The van der Waals surface area contributed by atoms with Crippen LogP contribution >= 0.6 is 0 Å². The molecule has 13 rings (SSSR count). The number of aromatic nitrogens is 4. The van der Waals surface area contributed by atoms with Crippen molar-refractivity contribution in [1.82, 2.24) is 19.1 Å². The van der Waals surface area contributed by atoms with E-state index < -0.39 is 0 Å². The molecule has 0 aliphatic carbocycles. The second-order valence-corrected chi connectivity index (χ2v) is 15.3. The van der Waals surface area contributed by atoms with Gasteiger partial charge in [-0.3, -0.25) is 4.57 Å². The van der Waals surface area contributed by atoms with Gasteiger partial charge in [0.05, 0.1) is 44.4 Å². The van der Waals surface area contributed by atoms with Crippen LogP contribution in [0.5, 0.6) is 0 Å². The lowest BCUT2D eigenvalue weighted by Gasteiger charge is -2.13. The summed E-state index contributed by atoms with van der Waals surface area (Å²) in [6.07, 6.45) is 0. The molecular weight excluding hydrogens is 721 g/mol. The van der Waals surface area contributed by atoms with Crippen molar-refractivity contribution in [3.05, 3.63) is 194 Å². The van der Waals surface area contributed by atoms with Crippen molar-refractivity contribution >= 4 is 87.2 Å². The number of para-hydroxylation sites is 3. The summed E-state index contributed by atoms with van der Waals surface area (Å²) in [5.41, 5.74) is 12.4. The number of fused-ring (bicyclic) bond motifs is 13. The van der Waals surface area contributed by atoms with E-state index in [9.17, 15) is 0 Å². The Balaban J connectivity index is 1.16. The highest BCUT2D eigenvalue weighted by molar-refractivity contribution is 6.31. The van der Waals surface area contributed by atoms with E-state index in [2.05, 4.69) is 197 Å². The van der Waals surface area contributed by atoms with Crippen LogP contribution in [0.4, 0.5) is 0 Å². The molecule has 5 nitrogen and oxygen atoms in total. The fourth-order valence-corrected chi connectivity index (χ4v) is 9.55. The maximum absolute atomic E-state index is 6.53. The standard InChI is InChI=1S/C54H32N4O/c1-2-13-33(14-3-1)34-25-27-36(28-26-34)51-40-18-6-9-21-43(40)55-54(56-51)57-45-22-10-7-19-41(45)49-46(57)31-29-38-39-30-32-48-50(42-20-8-11-24-47(42)59-48)53(39)58(52(38)49)44-23-12-16-35-15-4-5-17-37(35)44/h1-32H. The molecule has 0 bridgehead atoms. The van der Waals surface area contributed by atoms with E-state index >= 15 is 0 Å². The molecule has 0 atom stereocenters. The molecule has 0 spiro atoms. The van der Waals surface area contributed by atoms with Gasteiger partial charge in [-0.2, -0.15) is 0 Å². The van der Waals surface area contributed by atoms with Crippen molar-refractivity contribution in [2.75, 3.05) is 0 Å². The van der Waals surface area contributed by atoms with Crippen LogP contribution in [0.25, 0.3) is 121 Å². The molecule has 0 N–H and O–H groups in total. The van der Waals surface area contributed by atoms with E-state index in [4.69, 9.17) is 14.4 Å². The molecule has 0 amide bonds. The molecule has 0 unspecified atom stereocenters. The summed E-state index contributed by atoms with van der Waals surface area (Å²) in [4.78, 5) is 10.8. The molecule has 4 heterocycles. The molecule has 13 aromatic rings. The lowest BCUT2D eigenvalue weighted by Crippen LogP contribution is -2.03.